The number of nitrogens with zero attached hydrogens (tertiary/aromatic N) is 1. The van der Waals surface area contributed by atoms with Crippen molar-refractivity contribution in [1.29, 1.82) is 0 Å². The molecular weight excluding hydrogens is 389 g/mol. The number of carbonyl (C=O) groups is 2. The van der Waals surface area contributed by atoms with E-state index in [9.17, 15) is 27.9 Å². The van der Waals surface area contributed by atoms with Crippen LogP contribution in [0.15, 0.2) is 30.4 Å². The normalized spacial score (nSPS) is 28.6. The van der Waals surface area contributed by atoms with E-state index < -0.39 is 35.5 Å². The Morgan fingerprint density at radius 1 is 1.10 bits per heavy atom. The summed E-state index contributed by atoms with van der Waals surface area (Å²) in [7, 11) is 0. The number of nitrogens with one attached hydrogen (secondary N) is 1. The topological polar surface area (TPSA) is 81.7 Å². The van der Waals surface area contributed by atoms with Crippen molar-refractivity contribution < 1.29 is 32.6 Å². The zero-order valence-electron chi connectivity index (χ0n) is 15.4. The zero-order valence-corrected chi connectivity index (χ0v) is 15.4. The molecule has 1 aliphatic heterocycles. The van der Waals surface area contributed by atoms with Crippen molar-refractivity contribution >= 4 is 23.3 Å². The lowest BCUT2D eigenvalue weighted by Crippen LogP contribution is -2.43. The highest BCUT2D eigenvalue weighted by atomic mass is 19.4. The van der Waals surface area contributed by atoms with Gasteiger partial charge in [0.15, 0.2) is 0 Å². The maximum absolute atomic E-state index is 13.2. The van der Waals surface area contributed by atoms with Gasteiger partial charge in [-0.3, -0.25) is 4.79 Å². The molecule has 1 aromatic rings. The van der Waals surface area contributed by atoms with Crippen LogP contribution in [0.5, 0.6) is 0 Å². The fourth-order valence-corrected chi connectivity index (χ4v) is 4.61. The Kier molecular flexibility index (Phi) is 5.02. The van der Waals surface area contributed by atoms with Gasteiger partial charge in [-0.05, 0) is 36.5 Å². The minimum atomic E-state index is -4.56. The summed E-state index contributed by atoms with van der Waals surface area (Å²) in [4.78, 5) is 26.4. The second kappa shape index (κ2) is 7.37. The fourth-order valence-electron chi connectivity index (χ4n) is 4.61. The van der Waals surface area contributed by atoms with Crippen molar-refractivity contribution in [2.45, 2.75) is 12.6 Å². The molecule has 1 heterocycles. The number of hydrogen-bond donors (Lipinski definition) is 1. The Morgan fingerprint density at radius 2 is 1.76 bits per heavy atom. The van der Waals surface area contributed by atoms with Crippen molar-refractivity contribution in [1.82, 2.24) is 0 Å². The highest BCUT2D eigenvalue weighted by Gasteiger charge is 2.49. The maximum Gasteiger partial charge on any atom is 0.416 e. The average Bonchev–Trinajstić information content (AvgIpc) is 3.29. The second-order valence-corrected chi connectivity index (χ2v) is 7.64. The van der Waals surface area contributed by atoms with Gasteiger partial charge in [0.1, 0.15) is 0 Å². The molecule has 1 saturated carbocycles. The Bertz CT molecular complexity index is 849. The summed E-state index contributed by atoms with van der Waals surface area (Å²) in [6.45, 7) is 1.82. The molecule has 29 heavy (non-hydrogen) atoms. The number of carboxylic acid groups (broad SMARTS) is 1. The molecule has 0 spiro atoms. The number of anilines is 2. The van der Waals surface area contributed by atoms with Gasteiger partial charge in [0.25, 0.3) is 0 Å². The number of allylic oxidation sites excluding steroid dienone is 2. The predicted octanol–water partition coefficient (Wildman–Crippen LogP) is 1.67. The van der Waals surface area contributed by atoms with Crippen LogP contribution in [0.3, 0.4) is 0 Å². The third kappa shape index (κ3) is 3.71. The minimum absolute atomic E-state index is 0.0237. The molecule has 4 rings (SSSR count). The number of carbonyl (C=O) groups excluding carboxylic acids is 2. The van der Waals surface area contributed by atoms with E-state index in [0.29, 0.717) is 38.4 Å². The summed E-state index contributed by atoms with van der Waals surface area (Å²) >= 11 is 0. The largest absolute Gasteiger partial charge is 0.550 e. The molecular formula is C20H20F3N2O4-. The number of fused-ring (bicyclic) bond motifs is 2. The summed E-state index contributed by atoms with van der Waals surface area (Å²) in [5, 5.41) is 14.1. The summed E-state index contributed by atoms with van der Waals surface area (Å²) in [5.74, 6) is -4.25. The third-order valence-corrected chi connectivity index (χ3v) is 5.97. The second-order valence-electron chi connectivity index (χ2n) is 7.64. The van der Waals surface area contributed by atoms with E-state index in [2.05, 4.69) is 5.32 Å². The van der Waals surface area contributed by atoms with Gasteiger partial charge >= 0.3 is 6.18 Å². The number of alkyl halides is 3. The van der Waals surface area contributed by atoms with E-state index in [1.54, 1.807) is 6.08 Å². The number of carboxylic acids is 1. The van der Waals surface area contributed by atoms with Crippen molar-refractivity contribution in [3.63, 3.8) is 0 Å². The van der Waals surface area contributed by atoms with Crippen molar-refractivity contribution in [2.75, 3.05) is 36.5 Å². The van der Waals surface area contributed by atoms with Crippen LogP contribution < -0.4 is 15.3 Å². The average molecular weight is 409 g/mol. The summed E-state index contributed by atoms with van der Waals surface area (Å²) in [6.07, 6.45) is -0.441. The van der Waals surface area contributed by atoms with Gasteiger partial charge in [0.05, 0.1) is 36.1 Å². The summed E-state index contributed by atoms with van der Waals surface area (Å²) < 4.78 is 45.0. The van der Waals surface area contributed by atoms with Gasteiger partial charge < -0.3 is 24.9 Å². The first kappa shape index (κ1) is 19.8. The molecule has 2 aliphatic carbocycles. The number of aliphatic carboxylic acids is 1. The molecule has 0 aromatic heterocycles. The van der Waals surface area contributed by atoms with Gasteiger partial charge in [-0.25, -0.2) is 0 Å². The molecule has 6 nitrogen and oxygen atoms in total. The highest BCUT2D eigenvalue weighted by molar-refractivity contribution is 5.98. The smallest absolute Gasteiger partial charge is 0.416 e. The van der Waals surface area contributed by atoms with Crippen LogP contribution in [0.4, 0.5) is 24.5 Å². The molecule has 3 aliphatic rings. The first-order chi connectivity index (χ1) is 13.8. The van der Waals surface area contributed by atoms with Crippen LogP contribution in [0, 0.1) is 23.7 Å². The van der Waals surface area contributed by atoms with Crippen LogP contribution in [-0.2, 0) is 20.5 Å². The van der Waals surface area contributed by atoms with Gasteiger partial charge in [0, 0.05) is 25.0 Å². The zero-order chi connectivity index (χ0) is 20.8. The number of rotatable bonds is 4. The summed E-state index contributed by atoms with van der Waals surface area (Å²) in [6, 6.07) is 3.21. The first-order valence-electron chi connectivity index (χ1n) is 9.49. The predicted molar refractivity (Wildman–Crippen MR) is 95.8 cm³/mol. The van der Waals surface area contributed by atoms with Gasteiger partial charge in [-0.2, -0.15) is 13.2 Å². The molecule has 0 radical (unpaired) electrons. The Labute approximate surface area is 165 Å². The summed E-state index contributed by atoms with van der Waals surface area (Å²) in [5.41, 5.74) is -0.400. The van der Waals surface area contributed by atoms with E-state index in [0.717, 1.165) is 12.1 Å². The first-order valence-corrected chi connectivity index (χ1v) is 9.49. The molecule has 1 aromatic carbocycles. The molecule has 4 atom stereocenters. The molecule has 1 amide bonds. The number of halogens is 3. The van der Waals surface area contributed by atoms with E-state index in [1.807, 2.05) is 11.0 Å². The van der Waals surface area contributed by atoms with E-state index in [-0.39, 0.29) is 17.5 Å². The molecule has 1 N–H and O–H groups in total. The highest BCUT2D eigenvalue weighted by Crippen LogP contribution is 2.48. The van der Waals surface area contributed by atoms with Gasteiger partial charge in [0.2, 0.25) is 5.91 Å². The van der Waals surface area contributed by atoms with Crippen LogP contribution in [-0.4, -0.2) is 38.2 Å². The Hall–Kier alpha value is -2.55. The Morgan fingerprint density at radius 3 is 2.38 bits per heavy atom. The van der Waals surface area contributed by atoms with Crippen molar-refractivity contribution in [3.8, 4) is 0 Å². The third-order valence-electron chi connectivity index (χ3n) is 5.97. The monoisotopic (exact) mass is 409 g/mol. The number of benzene rings is 1. The quantitative estimate of drug-likeness (QED) is 0.766. The molecule has 2 bridgehead atoms. The van der Waals surface area contributed by atoms with E-state index >= 15 is 0 Å². The molecule has 1 saturated heterocycles. The van der Waals surface area contributed by atoms with Crippen molar-refractivity contribution in [2.24, 2.45) is 23.7 Å². The SMILES string of the molecule is O=C([O-])[C@@H]1[C@@H](C(=O)Nc2cc(C(F)(F)F)ccc2N2CCOCC2)[C@H]2C=C[C@H]1C2. The molecule has 9 heteroatoms. The van der Waals surface area contributed by atoms with Gasteiger partial charge in [-0.15, -0.1) is 0 Å². The van der Waals surface area contributed by atoms with E-state index in [1.165, 1.54) is 6.07 Å². The minimum Gasteiger partial charge on any atom is -0.550 e. The standard InChI is InChI=1S/C20H21F3N2O4/c21-20(22,23)13-3-4-15(25-5-7-29-8-6-25)14(10-13)24-18(26)16-11-1-2-12(9-11)17(16)19(27)28/h1-4,10-12,16-17H,5-9H2,(H,24,26)(H,27,28)/p-1/t11-,12-,16-,17-/m0/s1. The maximum atomic E-state index is 13.2. The van der Waals surface area contributed by atoms with Crippen molar-refractivity contribution in [3.05, 3.63) is 35.9 Å². The number of amides is 1. The fraction of sp³-hybridized carbons (Fsp3) is 0.500. The number of morpholine rings is 1. The lowest BCUT2D eigenvalue weighted by molar-refractivity contribution is -0.313. The Balaban J connectivity index is 1.64. The lowest BCUT2D eigenvalue weighted by Gasteiger charge is -2.32. The molecule has 2 fully saturated rings. The van der Waals surface area contributed by atoms with Crippen LogP contribution in [0.1, 0.15) is 12.0 Å². The van der Waals surface area contributed by atoms with E-state index in [4.69, 9.17) is 4.74 Å². The van der Waals surface area contributed by atoms with Gasteiger partial charge in [-0.1, -0.05) is 12.2 Å². The van der Waals surface area contributed by atoms with Crippen LogP contribution >= 0.6 is 0 Å². The number of hydrogen-bond acceptors (Lipinski definition) is 5. The molecule has 156 valence electrons. The van der Waals surface area contributed by atoms with Crippen LogP contribution in [0.2, 0.25) is 0 Å². The van der Waals surface area contributed by atoms with Crippen LogP contribution in [0.25, 0.3) is 0 Å². The lowest BCUT2D eigenvalue weighted by atomic mass is 9.82. The number of ether oxygens (including phenoxy) is 1. The molecule has 0 unspecified atom stereocenters.